The molecule has 2 aromatic carbocycles. The van der Waals surface area contributed by atoms with Crippen LogP contribution >= 0.6 is 0 Å². The molecule has 1 amide bonds. The number of imidazole rings is 1. The normalized spacial score (nSPS) is 14.6. The number of rotatable bonds is 7. The summed E-state index contributed by atoms with van der Waals surface area (Å²) in [5.74, 6) is -0.948. The minimum atomic E-state index is -1.06. The molecule has 1 aliphatic heterocycles. The molecule has 1 aromatic heterocycles. The first-order valence-corrected chi connectivity index (χ1v) is 10.9. The van der Waals surface area contributed by atoms with E-state index in [1.54, 1.807) is 12.1 Å². The molecule has 0 saturated carbocycles. The Bertz CT molecular complexity index is 1100. The third-order valence-electron chi connectivity index (χ3n) is 5.71. The summed E-state index contributed by atoms with van der Waals surface area (Å²) in [6, 6.07) is 12.3. The highest BCUT2D eigenvalue weighted by atomic mass is 16.4. The molecule has 3 aromatic rings. The van der Waals surface area contributed by atoms with E-state index >= 15 is 0 Å². The van der Waals surface area contributed by atoms with Crippen molar-refractivity contribution in [2.45, 2.75) is 45.7 Å². The van der Waals surface area contributed by atoms with E-state index in [4.69, 9.17) is 0 Å². The van der Waals surface area contributed by atoms with E-state index in [9.17, 15) is 14.7 Å². The Hall–Kier alpha value is -3.19. The fourth-order valence-electron chi connectivity index (χ4n) is 4.15. The second kappa shape index (κ2) is 9.31. The van der Waals surface area contributed by atoms with Gasteiger partial charge in [-0.2, -0.15) is 0 Å². The number of nitrogens with zero attached hydrogens (tertiary/aromatic N) is 3. The predicted molar refractivity (Wildman–Crippen MR) is 121 cm³/mol. The van der Waals surface area contributed by atoms with E-state index in [1.165, 1.54) is 37.0 Å². The molecule has 4 rings (SSSR count). The number of carboxylic acid groups (broad SMARTS) is 1. The Balaban J connectivity index is 1.60. The number of piperidine rings is 1. The Kier molecular flexibility index (Phi) is 6.32. The monoisotopic (exact) mass is 420 g/mol. The van der Waals surface area contributed by atoms with Crippen LogP contribution < -0.4 is 5.32 Å². The van der Waals surface area contributed by atoms with Gasteiger partial charge >= 0.3 is 5.97 Å². The summed E-state index contributed by atoms with van der Waals surface area (Å²) in [5.41, 5.74) is 3.47. The number of aryl methyl sites for hydroxylation is 1. The number of carbonyl (C=O) groups is 2. The summed E-state index contributed by atoms with van der Waals surface area (Å²) in [5, 5.41) is 12.1. The van der Waals surface area contributed by atoms with Crippen LogP contribution in [-0.4, -0.2) is 44.5 Å². The average molecular weight is 421 g/mol. The highest BCUT2D eigenvalue weighted by molar-refractivity contribution is 6.05. The zero-order valence-electron chi connectivity index (χ0n) is 17.8. The summed E-state index contributed by atoms with van der Waals surface area (Å²) in [4.78, 5) is 31.1. The number of carboxylic acids is 1. The van der Waals surface area contributed by atoms with Gasteiger partial charge in [0, 0.05) is 18.7 Å². The number of aromatic carboxylic acids is 1. The summed E-state index contributed by atoms with van der Waals surface area (Å²) in [6.45, 7) is 6.03. The lowest BCUT2D eigenvalue weighted by Crippen LogP contribution is -2.29. The number of benzene rings is 2. The third-order valence-corrected chi connectivity index (χ3v) is 5.71. The Labute approximate surface area is 181 Å². The van der Waals surface area contributed by atoms with Gasteiger partial charge in [-0.1, -0.05) is 25.5 Å². The molecular weight excluding hydrogens is 392 g/mol. The van der Waals surface area contributed by atoms with Crippen molar-refractivity contribution in [3.8, 4) is 0 Å². The topological polar surface area (TPSA) is 87.5 Å². The minimum Gasteiger partial charge on any atom is -0.478 e. The van der Waals surface area contributed by atoms with E-state index in [-0.39, 0.29) is 11.5 Å². The maximum atomic E-state index is 12.8. The van der Waals surface area contributed by atoms with E-state index in [1.807, 2.05) is 10.6 Å². The van der Waals surface area contributed by atoms with Gasteiger partial charge in [0.25, 0.3) is 5.91 Å². The fourth-order valence-corrected chi connectivity index (χ4v) is 4.15. The van der Waals surface area contributed by atoms with Crippen LogP contribution in [0.1, 0.15) is 58.9 Å². The number of amides is 1. The molecule has 2 N–H and O–H groups in total. The van der Waals surface area contributed by atoms with Gasteiger partial charge in [-0.3, -0.25) is 15.0 Å². The van der Waals surface area contributed by atoms with Crippen LogP contribution in [0.3, 0.4) is 0 Å². The molecule has 0 atom stereocenters. The molecule has 0 bridgehead atoms. The van der Waals surface area contributed by atoms with E-state index < -0.39 is 5.97 Å². The number of anilines is 1. The second-order valence-corrected chi connectivity index (χ2v) is 8.09. The maximum Gasteiger partial charge on any atom is 0.335 e. The van der Waals surface area contributed by atoms with Gasteiger partial charge in [-0.05, 0) is 68.2 Å². The maximum absolute atomic E-state index is 12.8. The minimum absolute atomic E-state index is 0.0806. The Morgan fingerprint density at radius 3 is 2.58 bits per heavy atom. The summed E-state index contributed by atoms with van der Waals surface area (Å²) in [6.07, 6.45) is 4.74. The molecule has 1 aliphatic rings. The van der Waals surface area contributed by atoms with Crippen LogP contribution in [0.25, 0.3) is 11.0 Å². The molecular formula is C24H28N4O3. The molecule has 1 saturated heterocycles. The van der Waals surface area contributed by atoms with E-state index in [0.717, 1.165) is 43.6 Å². The van der Waals surface area contributed by atoms with Gasteiger partial charge in [0.1, 0.15) is 0 Å². The highest BCUT2D eigenvalue weighted by Crippen LogP contribution is 2.24. The van der Waals surface area contributed by atoms with Gasteiger partial charge in [0.05, 0.1) is 16.6 Å². The molecule has 162 valence electrons. The van der Waals surface area contributed by atoms with Gasteiger partial charge in [0.2, 0.25) is 5.95 Å². The van der Waals surface area contributed by atoms with E-state index in [2.05, 4.69) is 34.3 Å². The molecule has 31 heavy (non-hydrogen) atoms. The lowest BCUT2D eigenvalue weighted by Gasteiger charge is -2.26. The quantitative estimate of drug-likeness (QED) is 0.592. The first-order chi connectivity index (χ1) is 15.0. The zero-order valence-corrected chi connectivity index (χ0v) is 17.8. The number of likely N-dealkylation sites (tertiary alicyclic amines) is 1. The van der Waals surface area contributed by atoms with Gasteiger partial charge in [-0.25, -0.2) is 9.78 Å². The van der Waals surface area contributed by atoms with Crippen LogP contribution in [0.2, 0.25) is 0 Å². The number of fused-ring (bicyclic) bond motifs is 1. The molecule has 0 unspecified atom stereocenters. The molecule has 0 aliphatic carbocycles. The average Bonchev–Trinajstić information content (AvgIpc) is 3.11. The van der Waals surface area contributed by atoms with Crippen LogP contribution in [-0.2, 0) is 13.1 Å². The lowest BCUT2D eigenvalue weighted by atomic mass is 10.1. The van der Waals surface area contributed by atoms with Crippen LogP contribution in [0.5, 0.6) is 0 Å². The van der Waals surface area contributed by atoms with Crippen LogP contribution in [0, 0.1) is 0 Å². The smallest absolute Gasteiger partial charge is 0.335 e. The van der Waals surface area contributed by atoms with Crippen molar-refractivity contribution in [1.82, 2.24) is 14.5 Å². The largest absolute Gasteiger partial charge is 0.478 e. The van der Waals surface area contributed by atoms with Crippen molar-refractivity contribution in [3.05, 3.63) is 59.2 Å². The third kappa shape index (κ3) is 4.77. The van der Waals surface area contributed by atoms with Gasteiger partial charge < -0.3 is 9.67 Å². The number of hydrogen-bond donors (Lipinski definition) is 2. The lowest BCUT2D eigenvalue weighted by molar-refractivity contribution is 0.0697. The number of nitrogens with one attached hydrogen (secondary N) is 1. The van der Waals surface area contributed by atoms with Crippen molar-refractivity contribution in [1.29, 1.82) is 0 Å². The van der Waals surface area contributed by atoms with E-state index in [0.29, 0.717) is 11.5 Å². The highest BCUT2D eigenvalue weighted by Gasteiger charge is 2.17. The molecule has 0 spiro atoms. The molecule has 2 heterocycles. The van der Waals surface area contributed by atoms with Crippen LogP contribution in [0.4, 0.5) is 5.95 Å². The Morgan fingerprint density at radius 2 is 1.84 bits per heavy atom. The van der Waals surface area contributed by atoms with Crippen molar-refractivity contribution in [3.63, 3.8) is 0 Å². The predicted octanol–water partition coefficient (Wildman–Crippen LogP) is 4.38. The van der Waals surface area contributed by atoms with Crippen molar-refractivity contribution in [2.75, 3.05) is 18.4 Å². The standard InChI is InChI=1S/C24H28N4O3/c1-2-11-28-21-14-17(16-27-12-4-3-5-13-27)9-10-20(21)25-24(28)26-22(29)18-7-6-8-19(15-18)23(30)31/h6-10,14-15H,2-5,11-13,16H2,1H3,(H,30,31)(H,25,26,29). The van der Waals surface area contributed by atoms with Crippen LogP contribution in [0.15, 0.2) is 42.5 Å². The molecule has 7 nitrogen and oxygen atoms in total. The van der Waals surface area contributed by atoms with Crippen molar-refractivity contribution < 1.29 is 14.7 Å². The Morgan fingerprint density at radius 1 is 1.06 bits per heavy atom. The first kappa shape index (κ1) is 21.1. The summed E-state index contributed by atoms with van der Waals surface area (Å²) >= 11 is 0. The molecule has 0 radical (unpaired) electrons. The second-order valence-electron chi connectivity index (χ2n) is 8.09. The van der Waals surface area contributed by atoms with Crippen molar-refractivity contribution in [2.24, 2.45) is 0 Å². The number of carbonyl (C=O) groups excluding carboxylic acids is 1. The zero-order chi connectivity index (χ0) is 21.8. The number of aromatic nitrogens is 2. The van der Waals surface area contributed by atoms with Gasteiger partial charge in [0.15, 0.2) is 0 Å². The first-order valence-electron chi connectivity index (χ1n) is 10.9. The molecule has 7 heteroatoms. The summed E-state index contributed by atoms with van der Waals surface area (Å²) in [7, 11) is 0. The fraction of sp³-hybridized carbons (Fsp3) is 0.375. The van der Waals surface area contributed by atoms with Crippen molar-refractivity contribution >= 4 is 28.9 Å². The van der Waals surface area contributed by atoms with Gasteiger partial charge in [-0.15, -0.1) is 0 Å². The SMILES string of the molecule is CCCn1c(NC(=O)c2cccc(C(=O)O)c2)nc2ccc(CN3CCCCC3)cc21. The number of hydrogen-bond acceptors (Lipinski definition) is 4. The molecule has 1 fully saturated rings. The summed E-state index contributed by atoms with van der Waals surface area (Å²) < 4.78 is 2.04.